The highest BCUT2D eigenvalue weighted by Crippen LogP contribution is 2.16. The van der Waals surface area contributed by atoms with Gasteiger partial charge in [0.2, 0.25) is 0 Å². The fraction of sp³-hybridized carbons (Fsp3) is 0.385. The van der Waals surface area contributed by atoms with Crippen LogP contribution in [0.1, 0.15) is 28.1 Å². The van der Waals surface area contributed by atoms with Crippen LogP contribution in [0.2, 0.25) is 0 Å². The van der Waals surface area contributed by atoms with Gasteiger partial charge in [-0.15, -0.1) is 11.3 Å². The van der Waals surface area contributed by atoms with Crippen LogP contribution in [0, 0.1) is 6.92 Å². The van der Waals surface area contributed by atoms with Crippen molar-refractivity contribution in [2.45, 2.75) is 33.4 Å². The molecule has 2 rings (SSSR count). The van der Waals surface area contributed by atoms with Crippen LogP contribution in [0.25, 0.3) is 0 Å². The molecule has 0 amide bonds. The van der Waals surface area contributed by atoms with Crippen LogP contribution in [0.15, 0.2) is 24.5 Å². The highest BCUT2D eigenvalue weighted by Gasteiger charge is 1.99. The number of hydrogen-bond acceptors (Lipinski definition) is 4. The number of aryl methyl sites for hydroxylation is 2. The summed E-state index contributed by atoms with van der Waals surface area (Å²) in [7, 11) is 0. The maximum Gasteiger partial charge on any atom is 0.0724 e. The van der Waals surface area contributed by atoms with Gasteiger partial charge in [0.25, 0.3) is 0 Å². The van der Waals surface area contributed by atoms with Gasteiger partial charge in [0.15, 0.2) is 0 Å². The Kier molecular flexibility index (Phi) is 4.23. The average Bonchev–Trinajstić information content (AvgIpc) is 2.80. The van der Waals surface area contributed by atoms with E-state index in [1.165, 1.54) is 9.75 Å². The van der Waals surface area contributed by atoms with E-state index in [1.54, 1.807) is 6.20 Å². The van der Waals surface area contributed by atoms with Crippen LogP contribution in [-0.2, 0) is 19.5 Å². The molecule has 4 heteroatoms. The van der Waals surface area contributed by atoms with Gasteiger partial charge in [-0.3, -0.25) is 9.97 Å². The molecule has 0 bridgehead atoms. The average molecular weight is 247 g/mol. The first-order valence-electron chi connectivity index (χ1n) is 5.83. The van der Waals surface area contributed by atoms with Gasteiger partial charge in [-0.25, -0.2) is 0 Å². The van der Waals surface area contributed by atoms with Crippen molar-refractivity contribution in [1.29, 1.82) is 0 Å². The van der Waals surface area contributed by atoms with Crippen molar-refractivity contribution < 1.29 is 0 Å². The summed E-state index contributed by atoms with van der Waals surface area (Å²) in [5.41, 5.74) is 1.95. The number of thiophene rings is 1. The van der Waals surface area contributed by atoms with Crippen LogP contribution >= 0.6 is 11.3 Å². The Morgan fingerprint density at radius 2 is 1.94 bits per heavy atom. The standard InChI is InChI=1S/C13H17N3S/c1-3-12-4-5-13(17-12)9-14-7-11-8-15-10(2)6-16-11/h4-6,8,14H,3,7,9H2,1-2H3. The largest absolute Gasteiger partial charge is 0.306 e. The summed E-state index contributed by atoms with van der Waals surface area (Å²) in [4.78, 5) is 11.3. The molecule has 17 heavy (non-hydrogen) atoms. The highest BCUT2D eigenvalue weighted by molar-refractivity contribution is 7.11. The molecule has 3 nitrogen and oxygen atoms in total. The molecule has 2 aromatic rings. The van der Waals surface area contributed by atoms with Crippen molar-refractivity contribution in [3.8, 4) is 0 Å². The first-order valence-corrected chi connectivity index (χ1v) is 6.65. The third-order valence-corrected chi connectivity index (χ3v) is 3.74. The lowest BCUT2D eigenvalue weighted by Gasteiger charge is -2.02. The van der Waals surface area contributed by atoms with E-state index in [0.29, 0.717) is 0 Å². The first-order chi connectivity index (χ1) is 8.28. The first kappa shape index (κ1) is 12.2. The second kappa shape index (κ2) is 5.89. The van der Waals surface area contributed by atoms with Crippen molar-refractivity contribution in [2.75, 3.05) is 0 Å². The van der Waals surface area contributed by atoms with Crippen molar-refractivity contribution >= 4 is 11.3 Å². The molecule has 0 spiro atoms. The number of rotatable bonds is 5. The van der Waals surface area contributed by atoms with E-state index in [9.17, 15) is 0 Å². The topological polar surface area (TPSA) is 37.8 Å². The Hall–Kier alpha value is -1.26. The van der Waals surface area contributed by atoms with Crippen LogP contribution in [0.3, 0.4) is 0 Å². The molecule has 0 fully saturated rings. The molecule has 0 aromatic carbocycles. The molecule has 0 aliphatic rings. The zero-order valence-electron chi connectivity index (χ0n) is 10.2. The molecule has 90 valence electrons. The number of aromatic nitrogens is 2. The van der Waals surface area contributed by atoms with Gasteiger partial charge in [0, 0.05) is 35.2 Å². The summed E-state index contributed by atoms with van der Waals surface area (Å²) in [6, 6.07) is 4.39. The van der Waals surface area contributed by atoms with Gasteiger partial charge in [-0.2, -0.15) is 0 Å². The van der Waals surface area contributed by atoms with Crippen molar-refractivity contribution in [3.63, 3.8) is 0 Å². The third kappa shape index (κ3) is 3.61. The zero-order chi connectivity index (χ0) is 12.1. The van der Waals surface area contributed by atoms with E-state index in [0.717, 1.165) is 30.9 Å². The summed E-state index contributed by atoms with van der Waals surface area (Å²) in [5.74, 6) is 0. The van der Waals surface area contributed by atoms with E-state index < -0.39 is 0 Å². The van der Waals surface area contributed by atoms with Gasteiger partial charge in [0.05, 0.1) is 11.4 Å². The van der Waals surface area contributed by atoms with Crippen LogP contribution in [-0.4, -0.2) is 9.97 Å². The summed E-state index contributed by atoms with van der Waals surface area (Å²) in [6.07, 6.45) is 4.75. The molecule has 0 radical (unpaired) electrons. The minimum absolute atomic E-state index is 0.770. The lowest BCUT2D eigenvalue weighted by atomic mass is 10.3. The van der Waals surface area contributed by atoms with E-state index >= 15 is 0 Å². The predicted octanol–water partition coefficient (Wildman–Crippen LogP) is 2.70. The molecule has 0 unspecified atom stereocenters. The number of hydrogen-bond donors (Lipinski definition) is 1. The predicted molar refractivity (Wildman–Crippen MR) is 71.0 cm³/mol. The lowest BCUT2D eigenvalue weighted by molar-refractivity contribution is 0.682. The Morgan fingerprint density at radius 3 is 2.59 bits per heavy atom. The van der Waals surface area contributed by atoms with E-state index in [-0.39, 0.29) is 0 Å². The fourth-order valence-electron chi connectivity index (χ4n) is 1.53. The maximum atomic E-state index is 4.31. The lowest BCUT2D eigenvalue weighted by Crippen LogP contribution is -2.13. The minimum Gasteiger partial charge on any atom is -0.306 e. The normalized spacial score (nSPS) is 10.7. The zero-order valence-corrected chi connectivity index (χ0v) is 11.0. The molecule has 0 saturated carbocycles. The molecule has 0 atom stereocenters. The summed E-state index contributed by atoms with van der Waals surface area (Å²) in [5, 5.41) is 3.38. The number of nitrogens with zero attached hydrogens (tertiary/aromatic N) is 2. The Bertz CT molecular complexity index is 462. The molecular weight excluding hydrogens is 230 g/mol. The molecule has 1 N–H and O–H groups in total. The molecule has 0 aliphatic carbocycles. The molecule has 2 heterocycles. The van der Waals surface area contributed by atoms with Gasteiger partial charge in [-0.1, -0.05) is 6.92 Å². The van der Waals surface area contributed by atoms with Gasteiger partial charge in [0.1, 0.15) is 0 Å². The quantitative estimate of drug-likeness (QED) is 0.882. The Labute approximate surface area is 106 Å². The summed E-state index contributed by atoms with van der Waals surface area (Å²) in [6.45, 7) is 5.81. The molecule has 2 aromatic heterocycles. The van der Waals surface area contributed by atoms with Crippen LogP contribution < -0.4 is 5.32 Å². The second-order valence-electron chi connectivity index (χ2n) is 3.97. The van der Waals surface area contributed by atoms with Crippen LogP contribution in [0.4, 0.5) is 0 Å². The minimum atomic E-state index is 0.770. The maximum absolute atomic E-state index is 4.31. The Balaban J connectivity index is 1.81. The summed E-state index contributed by atoms with van der Waals surface area (Å²) >= 11 is 1.87. The van der Waals surface area contributed by atoms with Gasteiger partial charge < -0.3 is 5.32 Å². The molecular formula is C13H17N3S. The number of nitrogens with one attached hydrogen (secondary N) is 1. The van der Waals surface area contributed by atoms with Gasteiger partial charge >= 0.3 is 0 Å². The smallest absolute Gasteiger partial charge is 0.0724 e. The Morgan fingerprint density at radius 1 is 1.12 bits per heavy atom. The summed E-state index contributed by atoms with van der Waals surface area (Å²) < 4.78 is 0. The second-order valence-corrected chi connectivity index (χ2v) is 5.23. The van der Waals surface area contributed by atoms with Crippen LogP contribution in [0.5, 0.6) is 0 Å². The SMILES string of the molecule is CCc1ccc(CNCc2cnc(C)cn2)s1. The highest BCUT2D eigenvalue weighted by atomic mass is 32.1. The molecule has 0 saturated heterocycles. The fourth-order valence-corrected chi connectivity index (χ4v) is 2.46. The van der Waals surface area contributed by atoms with Crippen molar-refractivity contribution in [2.24, 2.45) is 0 Å². The van der Waals surface area contributed by atoms with Gasteiger partial charge in [-0.05, 0) is 25.5 Å². The van der Waals surface area contributed by atoms with E-state index in [4.69, 9.17) is 0 Å². The third-order valence-electron chi connectivity index (χ3n) is 2.51. The van der Waals surface area contributed by atoms with E-state index in [2.05, 4.69) is 34.3 Å². The molecule has 0 aliphatic heterocycles. The van der Waals surface area contributed by atoms with Crippen molar-refractivity contribution in [3.05, 3.63) is 45.7 Å². The van der Waals surface area contributed by atoms with Crippen molar-refractivity contribution in [1.82, 2.24) is 15.3 Å². The monoisotopic (exact) mass is 247 g/mol. The van der Waals surface area contributed by atoms with E-state index in [1.807, 2.05) is 24.5 Å².